The molecule has 0 saturated heterocycles. The molecule has 0 saturated carbocycles. The lowest BCUT2D eigenvalue weighted by Crippen LogP contribution is -2.55. The minimum Gasteiger partial charge on any atom is -0.480 e. The van der Waals surface area contributed by atoms with E-state index in [1.54, 1.807) is 13.1 Å². The molecule has 0 bridgehead atoms. The minimum absolute atomic E-state index is 0.250. The number of carboxylic acid groups (broad SMARTS) is 1. The summed E-state index contributed by atoms with van der Waals surface area (Å²) in [5.41, 5.74) is -1.25. The third-order valence-corrected chi connectivity index (χ3v) is 3.74. The van der Waals surface area contributed by atoms with Crippen LogP contribution in [0.5, 0.6) is 0 Å². The zero-order valence-corrected chi connectivity index (χ0v) is 12.1. The molecule has 0 aromatic carbocycles. The number of thiazole rings is 1. The van der Waals surface area contributed by atoms with E-state index in [0.717, 1.165) is 5.01 Å². The SMILES string of the molecule is CCCC(C)(NC(=O)NC(C)c1nccs1)C(=O)O. The molecule has 0 spiro atoms. The van der Waals surface area contributed by atoms with Gasteiger partial charge < -0.3 is 15.7 Å². The second-order valence-electron chi connectivity index (χ2n) is 4.58. The van der Waals surface area contributed by atoms with Gasteiger partial charge in [0.25, 0.3) is 0 Å². The predicted octanol–water partition coefficient (Wildman–Crippen LogP) is 2.15. The average Bonchev–Trinajstić information content (AvgIpc) is 2.81. The molecule has 0 aliphatic heterocycles. The molecular weight excluding hydrogens is 266 g/mol. The topological polar surface area (TPSA) is 91.3 Å². The van der Waals surface area contributed by atoms with Gasteiger partial charge in [0.1, 0.15) is 10.5 Å². The van der Waals surface area contributed by atoms with Gasteiger partial charge in [0.15, 0.2) is 0 Å². The van der Waals surface area contributed by atoms with Gasteiger partial charge in [-0.15, -0.1) is 11.3 Å². The molecular formula is C12H19N3O3S. The van der Waals surface area contributed by atoms with Crippen LogP contribution in [0, 0.1) is 0 Å². The number of rotatable bonds is 6. The number of aromatic nitrogens is 1. The molecule has 7 heteroatoms. The first-order chi connectivity index (χ1) is 8.89. The van der Waals surface area contributed by atoms with E-state index >= 15 is 0 Å². The summed E-state index contributed by atoms with van der Waals surface area (Å²) in [6.45, 7) is 5.18. The van der Waals surface area contributed by atoms with Crippen molar-refractivity contribution in [2.45, 2.75) is 45.2 Å². The first-order valence-corrected chi connectivity index (χ1v) is 6.98. The van der Waals surface area contributed by atoms with Gasteiger partial charge in [-0.1, -0.05) is 13.3 Å². The first-order valence-electron chi connectivity index (χ1n) is 6.10. The Labute approximate surface area is 116 Å². The maximum Gasteiger partial charge on any atom is 0.329 e. The van der Waals surface area contributed by atoms with Crippen LogP contribution in [0.2, 0.25) is 0 Å². The molecule has 1 aromatic heterocycles. The third kappa shape index (κ3) is 4.20. The van der Waals surface area contributed by atoms with Crippen LogP contribution >= 0.6 is 11.3 Å². The molecule has 1 heterocycles. The van der Waals surface area contributed by atoms with Crippen LogP contribution in [0.3, 0.4) is 0 Å². The quantitative estimate of drug-likeness (QED) is 0.746. The van der Waals surface area contributed by atoms with Crippen molar-refractivity contribution in [2.75, 3.05) is 0 Å². The largest absolute Gasteiger partial charge is 0.480 e. The fourth-order valence-electron chi connectivity index (χ4n) is 1.72. The van der Waals surface area contributed by atoms with E-state index in [0.29, 0.717) is 12.8 Å². The van der Waals surface area contributed by atoms with E-state index < -0.39 is 17.5 Å². The molecule has 106 valence electrons. The molecule has 1 aromatic rings. The smallest absolute Gasteiger partial charge is 0.329 e. The maximum atomic E-state index is 11.8. The number of urea groups is 1. The summed E-state index contributed by atoms with van der Waals surface area (Å²) in [5.74, 6) is -1.04. The van der Waals surface area contributed by atoms with Gasteiger partial charge in [-0.05, 0) is 20.3 Å². The summed E-state index contributed by atoms with van der Waals surface area (Å²) in [7, 11) is 0. The Morgan fingerprint density at radius 3 is 2.74 bits per heavy atom. The molecule has 2 atom stereocenters. The fourth-order valence-corrected chi connectivity index (χ4v) is 2.36. The Morgan fingerprint density at radius 1 is 1.58 bits per heavy atom. The zero-order chi connectivity index (χ0) is 14.5. The number of carbonyl (C=O) groups is 2. The number of carboxylic acids is 1. The number of nitrogens with one attached hydrogen (secondary N) is 2. The van der Waals surface area contributed by atoms with E-state index in [1.807, 2.05) is 12.3 Å². The number of hydrogen-bond acceptors (Lipinski definition) is 4. The highest BCUT2D eigenvalue weighted by molar-refractivity contribution is 7.09. The van der Waals surface area contributed by atoms with E-state index in [4.69, 9.17) is 0 Å². The van der Waals surface area contributed by atoms with Crippen LogP contribution in [0.25, 0.3) is 0 Å². The number of hydrogen-bond donors (Lipinski definition) is 3. The van der Waals surface area contributed by atoms with Crippen molar-refractivity contribution in [2.24, 2.45) is 0 Å². The van der Waals surface area contributed by atoms with Crippen molar-refractivity contribution < 1.29 is 14.7 Å². The highest BCUT2D eigenvalue weighted by atomic mass is 32.1. The molecule has 3 N–H and O–H groups in total. The van der Waals surface area contributed by atoms with E-state index in [2.05, 4.69) is 15.6 Å². The van der Waals surface area contributed by atoms with E-state index in [9.17, 15) is 14.7 Å². The molecule has 1 rings (SSSR count). The third-order valence-electron chi connectivity index (χ3n) is 2.78. The fraction of sp³-hybridized carbons (Fsp3) is 0.583. The lowest BCUT2D eigenvalue weighted by molar-refractivity contribution is -0.144. The second-order valence-corrected chi connectivity index (χ2v) is 5.50. The number of carbonyl (C=O) groups excluding carboxylic acids is 1. The van der Waals surface area contributed by atoms with Gasteiger partial charge in [-0.3, -0.25) is 0 Å². The summed E-state index contributed by atoms with van der Waals surface area (Å²) >= 11 is 1.44. The lowest BCUT2D eigenvalue weighted by atomic mass is 9.97. The summed E-state index contributed by atoms with van der Waals surface area (Å²) in [6.07, 6.45) is 2.71. The van der Waals surface area contributed by atoms with Crippen LogP contribution in [-0.2, 0) is 4.79 Å². The molecule has 2 amide bonds. The van der Waals surface area contributed by atoms with Gasteiger partial charge in [-0.2, -0.15) is 0 Å². The summed E-state index contributed by atoms with van der Waals surface area (Å²) < 4.78 is 0. The minimum atomic E-state index is -1.25. The monoisotopic (exact) mass is 285 g/mol. The predicted molar refractivity (Wildman–Crippen MR) is 73.1 cm³/mol. The van der Waals surface area contributed by atoms with Crippen molar-refractivity contribution in [1.82, 2.24) is 15.6 Å². The van der Waals surface area contributed by atoms with Crippen molar-refractivity contribution in [3.63, 3.8) is 0 Å². The zero-order valence-electron chi connectivity index (χ0n) is 11.3. The van der Waals surface area contributed by atoms with Gasteiger partial charge in [-0.25, -0.2) is 14.6 Å². The molecule has 2 unspecified atom stereocenters. The summed E-state index contributed by atoms with van der Waals surface area (Å²) in [6, 6.07) is -0.749. The van der Waals surface area contributed by atoms with Gasteiger partial charge in [0.05, 0.1) is 6.04 Å². The van der Waals surface area contributed by atoms with Crippen LogP contribution in [0.1, 0.15) is 44.7 Å². The molecule has 0 fully saturated rings. The molecule has 0 aliphatic rings. The van der Waals surface area contributed by atoms with E-state index in [1.165, 1.54) is 18.3 Å². The average molecular weight is 285 g/mol. The lowest BCUT2D eigenvalue weighted by Gasteiger charge is -2.26. The van der Waals surface area contributed by atoms with Crippen molar-refractivity contribution >= 4 is 23.3 Å². The maximum absolute atomic E-state index is 11.8. The highest BCUT2D eigenvalue weighted by Gasteiger charge is 2.34. The van der Waals surface area contributed by atoms with Crippen LogP contribution in [-0.4, -0.2) is 27.6 Å². The van der Waals surface area contributed by atoms with Gasteiger partial charge in [0.2, 0.25) is 0 Å². The van der Waals surface area contributed by atoms with E-state index in [-0.39, 0.29) is 6.04 Å². The normalized spacial score (nSPS) is 15.3. The highest BCUT2D eigenvalue weighted by Crippen LogP contribution is 2.16. The van der Waals surface area contributed by atoms with Crippen molar-refractivity contribution in [3.05, 3.63) is 16.6 Å². The Bertz CT molecular complexity index is 435. The van der Waals surface area contributed by atoms with Crippen LogP contribution in [0.15, 0.2) is 11.6 Å². The van der Waals surface area contributed by atoms with Crippen molar-refractivity contribution in [1.29, 1.82) is 0 Å². The number of aliphatic carboxylic acids is 1. The number of nitrogens with zero attached hydrogens (tertiary/aromatic N) is 1. The standard InChI is InChI=1S/C12H19N3O3S/c1-4-5-12(3,10(16)17)15-11(18)14-8(2)9-13-6-7-19-9/h6-8H,4-5H2,1-3H3,(H,16,17)(H2,14,15,18). The molecule has 0 aliphatic carbocycles. The Balaban J connectivity index is 2.61. The summed E-state index contributed by atoms with van der Waals surface area (Å²) in [4.78, 5) is 27.1. The summed E-state index contributed by atoms with van der Waals surface area (Å²) in [5, 5.41) is 17.0. The number of amides is 2. The first kappa shape index (κ1) is 15.4. The molecule has 19 heavy (non-hydrogen) atoms. The molecule has 0 radical (unpaired) electrons. The van der Waals surface area contributed by atoms with Gasteiger partial charge >= 0.3 is 12.0 Å². The molecule has 6 nitrogen and oxygen atoms in total. The second kappa shape index (κ2) is 6.51. The van der Waals surface area contributed by atoms with Gasteiger partial charge in [0, 0.05) is 11.6 Å². The Kier molecular flexibility index (Phi) is 5.29. The Morgan fingerprint density at radius 2 is 2.26 bits per heavy atom. The van der Waals surface area contributed by atoms with Crippen molar-refractivity contribution in [3.8, 4) is 0 Å². The van der Waals surface area contributed by atoms with Crippen LogP contribution < -0.4 is 10.6 Å². The van der Waals surface area contributed by atoms with Crippen LogP contribution in [0.4, 0.5) is 4.79 Å². The Hall–Kier alpha value is -1.63.